The van der Waals surface area contributed by atoms with E-state index in [0.717, 1.165) is 11.1 Å². The number of fused-ring (bicyclic) bond motifs is 1. The van der Waals surface area contributed by atoms with Gasteiger partial charge in [0.2, 0.25) is 11.8 Å². The second kappa shape index (κ2) is 9.84. The third-order valence-electron chi connectivity index (χ3n) is 5.39. The van der Waals surface area contributed by atoms with E-state index >= 15 is 0 Å². The zero-order valence-electron chi connectivity index (χ0n) is 18.1. The zero-order chi connectivity index (χ0) is 21.7. The number of carbonyl (C=O) groups excluding carboxylic acids is 2. The highest BCUT2D eigenvalue weighted by molar-refractivity contribution is 5.80. The predicted molar refractivity (Wildman–Crippen MR) is 116 cm³/mol. The van der Waals surface area contributed by atoms with Crippen LogP contribution in [0.15, 0.2) is 29.3 Å². The number of carbonyl (C=O) groups is 2. The van der Waals surface area contributed by atoms with Crippen LogP contribution in [-0.4, -0.2) is 69.9 Å². The summed E-state index contributed by atoms with van der Waals surface area (Å²) in [7, 11) is 0. The standard InChI is InChI=1S/C22H31N5O3/c1-16(2)24-19(28)14-25-10-12-26(13-11-25)20(29)8-5-9-27-15-23-21-17(3)6-4-7-18(21)22(27)30/h4,6-7,15-16H,5,8-14H2,1-3H3,(H,24,28). The van der Waals surface area contributed by atoms with E-state index in [0.29, 0.717) is 57.5 Å². The van der Waals surface area contributed by atoms with Crippen molar-refractivity contribution in [2.24, 2.45) is 0 Å². The van der Waals surface area contributed by atoms with E-state index in [4.69, 9.17) is 0 Å². The summed E-state index contributed by atoms with van der Waals surface area (Å²) >= 11 is 0. The van der Waals surface area contributed by atoms with Crippen LogP contribution in [0.5, 0.6) is 0 Å². The highest BCUT2D eigenvalue weighted by Gasteiger charge is 2.22. The highest BCUT2D eigenvalue weighted by atomic mass is 16.2. The van der Waals surface area contributed by atoms with E-state index in [1.165, 1.54) is 0 Å². The minimum Gasteiger partial charge on any atom is -0.353 e. The number of para-hydroxylation sites is 1. The molecule has 2 heterocycles. The lowest BCUT2D eigenvalue weighted by Crippen LogP contribution is -2.51. The molecule has 162 valence electrons. The van der Waals surface area contributed by atoms with Gasteiger partial charge >= 0.3 is 0 Å². The van der Waals surface area contributed by atoms with Crippen molar-refractivity contribution >= 4 is 22.7 Å². The molecule has 2 aromatic rings. The lowest BCUT2D eigenvalue weighted by Gasteiger charge is -2.34. The monoisotopic (exact) mass is 413 g/mol. The van der Waals surface area contributed by atoms with Gasteiger partial charge in [-0.1, -0.05) is 12.1 Å². The Morgan fingerprint density at radius 3 is 2.60 bits per heavy atom. The van der Waals surface area contributed by atoms with Gasteiger partial charge in [-0.25, -0.2) is 4.98 Å². The van der Waals surface area contributed by atoms with Crippen molar-refractivity contribution in [3.8, 4) is 0 Å². The summed E-state index contributed by atoms with van der Waals surface area (Å²) in [5, 5.41) is 3.50. The van der Waals surface area contributed by atoms with Crippen LogP contribution in [0.1, 0.15) is 32.3 Å². The Hall–Kier alpha value is -2.74. The van der Waals surface area contributed by atoms with Crippen LogP contribution in [-0.2, 0) is 16.1 Å². The maximum atomic E-state index is 12.6. The van der Waals surface area contributed by atoms with E-state index < -0.39 is 0 Å². The average molecular weight is 414 g/mol. The minimum absolute atomic E-state index is 0.0226. The van der Waals surface area contributed by atoms with Gasteiger partial charge in [-0.2, -0.15) is 0 Å². The average Bonchev–Trinajstić information content (AvgIpc) is 2.70. The van der Waals surface area contributed by atoms with Gasteiger partial charge in [0.05, 0.1) is 23.8 Å². The molecule has 3 rings (SSSR count). The number of aryl methyl sites for hydroxylation is 2. The first-order valence-electron chi connectivity index (χ1n) is 10.6. The molecular formula is C22H31N5O3. The van der Waals surface area contributed by atoms with Gasteiger partial charge in [-0.15, -0.1) is 0 Å². The fourth-order valence-electron chi connectivity index (χ4n) is 3.78. The molecule has 0 spiro atoms. The summed E-state index contributed by atoms with van der Waals surface area (Å²) in [6.45, 7) is 9.32. The third-order valence-corrected chi connectivity index (χ3v) is 5.39. The van der Waals surface area contributed by atoms with Gasteiger partial charge < -0.3 is 10.2 Å². The predicted octanol–water partition coefficient (Wildman–Crippen LogP) is 1.15. The maximum absolute atomic E-state index is 12.6. The van der Waals surface area contributed by atoms with E-state index in [2.05, 4.69) is 15.2 Å². The molecule has 1 aromatic carbocycles. The van der Waals surface area contributed by atoms with Crippen molar-refractivity contribution in [3.05, 3.63) is 40.4 Å². The number of amides is 2. The summed E-state index contributed by atoms with van der Waals surface area (Å²) in [4.78, 5) is 45.4. The molecule has 1 aliphatic rings. The van der Waals surface area contributed by atoms with Crippen molar-refractivity contribution < 1.29 is 9.59 Å². The molecule has 0 bridgehead atoms. The molecule has 0 radical (unpaired) electrons. The van der Waals surface area contributed by atoms with E-state index in [1.807, 2.05) is 37.8 Å². The van der Waals surface area contributed by atoms with E-state index in [-0.39, 0.29) is 23.4 Å². The molecule has 1 aliphatic heterocycles. The molecule has 0 atom stereocenters. The molecule has 1 saturated heterocycles. The lowest BCUT2D eigenvalue weighted by molar-refractivity contribution is -0.133. The SMILES string of the molecule is Cc1cccc2c(=O)n(CCCC(=O)N3CCN(CC(=O)NC(C)C)CC3)cnc12. The summed E-state index contributed by atoms with van der Waals surface area (Å²) in [6.07, 6.45) is 2.56. The second-order valence-electron chi connectivity index (χ2n) is 8.20. The van der Waals surface area contributed by atoms with Crippen molar-refractivity contribution in [1.29, 1.82) is 0 Å². The lowest BCUT2D eigenvalue weighted by atomic mass is 10.1. The Balaban J connectivity index is 1.46. The normalized spacial score (nSPS) is 15.0. The summed E-state index contributed by atoms with van der Waals surface area (Å²) in [6, 6.07) is 5.73. The molecular weight excluding hydrogens is 382 g/mol. The van der Waals surface area contributed by atoms with E-state index in [9.17, 15) is 14.4 Å². The molecule has 1 fully saturated rings. The number of hydrogen-bond acceptors (Lipinski definition) is 5. The van der Waals surface area contributed by atoms with Gasteiger partial charge in [-0.3, -0.25) is 23.9 Å². The third kappa shape index (κ3) is 5.44. The number of benzene rings is 1. The smallest absolute Gasteiger partial charge is 0.261 e. The molecule has 8 nitrogen and oxygen atoms in total. The Morgan fingerprint density at radius 2 is 1.90 bits per heavy atom. The van der Waals surface area contributed by atoms with E-state index in [1.54, 1.807) is 17.0 Å². The Morgan fingerprint density at radius 1 is 1.17 bits per heavy atom. The van der Waals surface area contributed by atoms with Crippen molar-refractivity contribution in [2.45, 2.75) is 46.2 Å². The Labute approximate surface area is 176 Å². The molecule has 0 saturated carbocycles. The first-order chi connectivity index (χ1) is 14.3. The van der Waals surface area contributed by atoms with Crippen LogP contribution >= 0.6 is 0 Å². The molecule has 2 amide bonds. The van der Waals surface area contributed by atoms with Gasteiger partial charge in [0.25, 0.3) is 5.56 Å². The molecule has 0 unspecified atom stereocenters. The fourth-order valence-corrected chi connectivity index (χ4v) is 3.78. The molecule has 1 N–H and O–H groups in total. The molecule has 0 aliphatic carbocycles. The Bertz CT molecular complexity index is 961. The topological polar surface area (TPSA) is 87.5 Å². The van der Waals surface area contributed by atoms with Crippen LogP contribution in [0.4, 0.5) is 0 Å². The van der Waals surface area contributed by atoms with Gasteiger partial charge in [0.1, 0.15) is 0 Å². The fraction of sp³-hybridized carbons (Fsp3) is 0.545. The van der Waals surface area contributed by atoms with Crippen LogP contribution in [0.2, 0.25) is 0 Å². The first-order valence-corrected chi connectivity index (χ1v) is 10.6. The zero-order valence-corrected chi connectivity index (χ0v) is 18.1. The van der Waals surface area contributed by atoms with Gasteiger partial charge in [-0.05, 0) is 38.8 Å². The van der Waals surface area contributed by atoms with Crippen LogP contribution in [0.25, 0.3) is 10.9 Å². The molecule has 30 heavy (non-hydrogen) atoms. The van der Waals surface area contributed by atoms with Gasteiger partial charge in [0, 0.05) is 45.2 Å². The number of rotatable bonds is 7. The van der Waals surface area contributed by atoms with Crippen LogP contribution < -0.4 is 10.9 Å². The molecule has 1 aromatic heterocycles. The summed E-state index contributed by atoms with van der Waals surface area (Å²) in [5.74, 6) is 0.119. The van der Waals surface area contributed by atoms with Crippen LogP contribution in [0, 0.1) is 6.92 Å². The van der Waals surface area contributed by atoms with Gasteiger partial charge in [0.15, 0.2) is 0 Å². The summed E-state index contributed by atoms with van der Waals surface area (Å²) < 4.78 is 1.58. The quantitative estimate of drug-likeness (QED) is 0.736. The maximum Gasteiger partial charge on any atom is 0.261 e. The Kier molecular flexibility index (Phi) is 7.20. The first kappa shape index (κ1) is 22.0. The number of piperazine rings is 1. The highest BCUT2D eigenvalue weighted by Crippen LogP contribution is 2.12. The molecule has 8 heteroatoms. The number of nitrogens with one attached hydrogen (secondary N) is 1. The minimum atomic E-state index is -0.0653. The second-order valence-corrected chi connectivity index (χ2v) is 8.20. The number of hydrogen-bond donors (Lipinski definition) is 1. The van der Waals surface area contributed by atoms with Crippen molar-refractivity contribution in [3.63, 3.8) is 0 Å². The van der Waals surface area contributed by atoms with Crippen LogP contribution in [0.3, 0.4) is 0 Å². The largest absolute Gasteiger partial charge is 0.353 e. The number of nitrogens with zero attached hydrogens (tertiary/aromatic N) is 4. The van der Waals surface area contributed by atoms with Crippen molar-refractivity contribution in [2.75, 3.05) is 32.7 Å². The summed E-state index contributed by atoms with van der Waals surface area (Å²) in [5.41, 5.74) is 1.65. The number of aromatic nitrogens is 2. The van der Waals surface area contributed by atoms with Crippen molar-refractivity contribution in [1.82, 2.24) is 24.7 Å².